The van der Waals surface area contributed by atoms with Crippen LogP contribution in [0.5, 0.6) is 0 Å². The molecule has 1 atom stereocenters. The first-order valence-electron chi connectivity index (χ1n) is 3.85. The van der Waals surface area contributed by atoms with Gasteiger partial charge in [0.25, 0.3) is 0 Å². The predicted octanol–water partition coefficient (Wildman–Crippen LogP) is 2.67. The summed E-state index contributed by atoms with van der Waals surface area (Å²) in [7, 11) is 0. The standard InChI is InChI=1S/C9H9ClN2S/c1-7(5-10)13-9-2-3-12-8(4-9)6-11/h2-4,7H,5H2,1H3. The molecular formula is C9H9ClN2S. The van der Waals surface area contributed by atoms with Crippen LogP contribution < -0.4 is 0 Å². The number of alkyl halides is 1. The Morgan fingerprint density at radius 1 is 1.77 bits per heavy atom. The molecule has 1 unspecified atom stereocenters. The maximum atomic E-state index is 8.61. The second-order valence-electron chi connectivity index (χ2n) is 2.57. The van der Waals surface area contributed by atoms with Gasteiger partial charge in [-0.2, -0.15) is 5.26 Å². The molecule has 0 aliphatic heterocycles. The highest BCUT2D eigenvalue weighted by Gasteiger charge is 2.03. The number of aromatic nitrogens is 1. The minimum absolute atomic E-state index is 0.357. The summed E-state index contributed by atoms with van der Waals surface area (Å²) < 4.78 is 0. The predicted molar refractivity (Wildman–Crippen MR) is 55.0 cm³/mol. The van der Waals surface area contributed by atoms with Gasteiger partial charge in [-0.25, -0.2) is 4.98 Å². The second-order valence-corrected chi connectivity index (χ2v) is 4.39. The van der Waals surface area contributed by atoms with E-state index in [1.165, 1.54) is 0 Å². The molecule has 0 bridgehead atoms. The van der Waals surface area contributed by atoms with Crippen molar-refractivity contribution in [2.24, 2.45) is 0 Å². The summed E-state index contributed by atoms with van der Waals surface area (Å²) in [5.74, 6) is 0.606. The summed E-state index contributed by atoms with van der Waals surface area (Å²) in [5.41, 5.74) is 0.451. The lowest BCUT2D eigenvalue weighted by Gasteiger charge is -2.05. The Kier molecular flexibility index (Phi) is 4.07. The number of halogens is 1. The summed E-state index contributed by atoms with van der Waals surface area (Å²) in [4.78, 5) is 4.92. The fourth-order valence-electron chi connectivity index (χ4n) is 0.809. The average molecular weight is 213 g/mol. The molecule has 4 heteroatoms. The van der Waals surface area contributed by atoms with Gasteiger partial charge in [-0.3, -0.25) is 0 Å². The number of thioether (sulfide) groups is 1. The Balaban J connectivity index is 2.73. The Morgan fingerprint density at radius 3 is 3.15 bits per heavy atom. The van der Waals surface area contributed by atoms with Gasteiger partial charge in [0.15, 0.2) is 0 Å². The lowest BCUT2D eigenvalue weighted by molar-refractivity contribution is 1.11. The molecule has 0 saturated carbocycles. The molecule has 0 aromatic carbocycles. The lowest BCUT2D eigenvalue weighted by atomic mass is 10.4. The van der Waals surface area contributed by atoms with E-state index in [2.05, 4.69) is 4.98 Å². The second kappa shape index (κ2) is 5.11. The van der Waals surface area contributed by atoms with Crippen LogP contribution in [0.1, 0.15) is 12.6 Å². The van der Waals surface area contributed by atoms with Crippen LogP contribution in [0.25, 0.3) is 0 Å². The van der Waals surface area contributed by atoms with Crippen molar-refractivity contribution >= 4 is 23.4 Å². The van der Waals surface area contributed by atoms with Crippen molar-refractivity contribution in [3.05, 3.63) is 24.0 Å². The smallest absolute Gasteiger partial charge is 0.141 e. The number of rotatable bonds is 3. The molecule has 0 radical (unpaired) electrons. The topological polar surface area (TPSA) is 36.7 Å². The van der Waals surface area contributed by atoms with Crippen LogP contribution in [0.3, 0.4) is 0 Å². The van der Waals surface area contributed by atoms with Gasteiger partial charge in [-0.1, -0.05) is 6.92 Å². The summed E-state index contributed by atoms with van der Waals surface area (Å²) in [6, 6.07) is 5.66. The average Bonchev–Trinajstić information content (AvgIpc) is 2.18. The number of hydrogen-bond acceptors (Lipinski definition) is 3. The minimum atomic E-state index is 0.357. The number of nitriles is 1. The molecule has 0 N–H and O–H groups in total. The molecule has 1 aromatic heterocycles. The van der Waals surface area contributed by atoms with Crippen LogP contribution in [0.4, 0.5) is 0 Å². The first kappa shape index (κ1) is 10.4. The molecule has 0 amide bonds. The molecular weight excluding hydrogens is 204 g/mol. The van der Waals surface area contributed by atoms with E-state index in [-0.39, 0.29) is 0 Å². The van der Waals surface area contributed by atoms with Gasteiger partial charge < -0.3 is 0 Å². The molecule has 0 fully saturated rings. The van der Waals surface area contributed by atoms with Crippen LogP contribution in [0.15, 0.2) is 23.2 Å². The van der Waals surface area contributed by atoms with E-state index in [1.807, 2.05) is 19.1 Å². The summed E-state index contributed by atoms with van der Waals surface area (Å²) in [5, 5.41) is 8.96. The highest BCUT2D eigenvalue weighted by atomic mass is 35.5. The zero-order chi connectivity index (χ0) is 9.68. The van der Waals surface area contributed by atoms with Gasteiger partial charge in [0, 0.05) is 22.2 Å². The molecule has 0 aliphatic carbocycles. The molecule has 1 heterocycles. The van der Waals surface area contributed by atoms with Crippen molar-refractivity contribution in [3.63, 3.8) is 0 Å². The lowest BCUT2D eigenvalue weighted by Crippen LogP contribution is -1.96. The van der Waals surface area contributed by atoms with E-state index in [0.29, 0.717) is 16.8 Å². The van der Waals surface area contributed by atoms with Crippen LogP contribution in [-0.4, -0.2) is 16.1 Å². The van der Waals surface area contributed by atoms with Crippen LogP contribution >= 0.6 is 23.4 Å². The van der Waals surface area contributed by atoms with Gasteiger partial charge in [-0.15, -0.1) is 23.4 Å². The third-order valence-electron chi connectivity index (χ3n) is 1.40. The van der Waals surface area contributed by atoms with Gasteiger partial charge in [0.1, 0.15) is 11.8 Å². The van der Waals surface area contributed by atoms with E-state index in [1.54, 1.807) is 24.0 Å². The fourth-order valence-corrected chi connectivity index (χ4v) is 1.85. The first-order chi connectivity index (χ1) is 6.26. The number of pyridine rings is 1. The van der Waals surface area contributed by atoms with Crippen molar-refractivity contribution in [2.75, 3.05) is 5.88 Å². The van der Waals surface area contributed by atoms with Crippen molar-refractivity contribution in [1.29, 1.82) is 5.26 Å². The van der Waals surface area contributed by atoms with E-state index >= 15 is 0 Å². The molecule has 0 spiro atoms. The molecule has 1 aromatic rings. The highest BCUT2D eigenvalue weighted by molar-refractivity contribution is 8.00. The normalized spacial score (nSPS) is 12.1. The highest BCUT2D eigenvalue weighted by Crippen LogP contribution is 2.23. The molecule has 0 aliphatic rings. The van der Waals surface area contributed by atoms with Gasteiger partial charge in [0.05, 0.1) is 0 Å². The molecule has 0 saturated heterocycles. The molecule has 13 heavy (non-hydrogen) atoms. The maximum absolute atomic E-state index is 8.61. The van der Waals surface area contributed by atoms with Gasteiger partial charge >= 0.3 is 0 Å². The summed E-state index contributed by atoms with van der Waals surface area (Å²) >= 11 is 7.32. The Labute approximate surface area is 86.9 Å². The quantitative estimate of drug-likeness (QED) is 0.571. The monoisotopic (exact) mass is 212 g/mol. The van der Waals surface area contributed by atoms with E-state index < -0.39 is 0 Å². The molecule has 2 nitrogen and oxygen atoms in total. The number of hydrogen-bond donors (Lipinski definition) is 0. The maximum Gasteiger partial charge on any atom is 0.141 e. The Bertz CT molecular complexity index is 322. The Hall–Kier alpha value is -0.720. The van der Waals surface area contributed by atoms with Crippen molar-refractivity contribution in [3.8, 4) is 6.07 Å². The largest absolute Gasteiger partial charge is 0.245 e. The zero-order valence-corrected chi connectivity index (χ0v) is 8.77. The van der Waals surface area contributed by atoms with Crippen LogP contribution in [0.2, 0.25) is 0 Å². The SMILES string of the molecule is CC(CCl)Sc1ccnc(C#N)c1. The third kappa shape index (κ3) is 3.25. The minimum Gasteiger partial charge on any atom is -0.245 e. The zero-order valence-electron chi connectivity index (χ0n) is 7.20. The summed E-state index contributed by atoms with van der Waals surface area (Å²) in [6.45, 7) is 2.05. The third-order valence-corrected chi connectivity index (χ3v) is 3.14. The van der Waals surface area contributed by atoms with E-state index in [4.69, 9.17) is 16.9 Å². The Morgan fingerprint density at radius 2 is 2.54 bits per heavy atom. The first-order valence-corrected chi connectivity index (χ1v) is 5.26. The molecule has 68 valence electrons. The number of nitrogens with zero attached hydrogens (tertiary/aromatic N) is 2. The molecule has 1 rings (SSSR count). The van der Waals surface area contributed by atoms with Crippen LogP contribution in [-0.2, 0) is 0 Å². The van der Waals surface area contributed by atoms with E-state index in [9.17, 15) is 0 Å². The van der Waals surface area contributed by atoms with Crippen molar-refractivity contribution < 1.29 is 0 Å². The van der Waals surface area contributed by atoms with E-state index in [0.717, 1.165) is 4.90 Å². The van der Waals surface area contributed by atoms with Gasteiger partial charge in [0.2, 0.25) is 0 Å². The van der Waals surface area contributed by atoms with Gasteiger partial charge in [-0.05, 0) is 12.1 Å². The fraction of sp³-hybridized carbons (Fsp3) is 0.333. The van der Waals surface area contributed by atoms with Crippen molar-refractivity contribution in [2.45, 2.75) is 17.1 Å². The summed E-state index contributed by atoms with van der Waals surface area (Å²) in [6.07, 6.45) is 1.64. The van der Waals surface area contributed by atoms with Crippen molar-refractivity contribution in [1.82, 2.24) is 4.98 Å². The van der Waals surface area contributed by atoms with Crippen LogP contribution in [0, 0.1) is 11.3 Å².